The van der Waals surface area contributed by atoms with Crippen molar-refractivity contribution >= 4 is 13.8 Å². The average Bonchev–Trinajstić information content (AvgIpc) is 1.78. The fourth-order valence-corrected chi connectivity index (χ4v) is 1.31. The van der Waals surface area contributed by atoms with Crippen molar-refractivity contribution in [2.45, 2.75) is 6.10 Å². The van der Waals surface area contributed by atoms with Crippen molar-refractivity contribution in [2.24, 2.45) is 0 Å². The van der Waals surface area contributed by atoms with Crippen LogP contribution in [-0.4, -0.2) is 59.1 Å². The van der Waals surface area contributed by atoms with Crippen LogP contribution in [0, 0.1) is 0 Å². The standard InChI is InChI=1S/C6H14NO6P/c1-7(2,3)4-5(6(8)9)13-14(10,11)12/h5H,4H2,1-3H3,(H2-,8,9,10,11,12)/p+1. The summed E-state index contributed by atoms with van der Waals surface area (Å²) in [6, 6.07) is 0. The van der Waals surface area contributed by atoms with Crippen molar-refractivity contribution in [2.75, 3.05) is 27.7 Å². The molecule has 0 aromatic carbocycles. The highest BCUT2D eigenvalue weighted by molar-refractivity contribution is 7.46. The minimum atomic E-state index is -4.75. The highest BCUT2D eigenvalue weighted by atomic mass is 31.2. The van der Waals surface area contributed by atoms with Crippen LogP contribution >= 0.6 is 7.82 Å². The molecule has 0 spiro atoms. The Balaban J connectivity index is 4.48. The number of phosphoric acid groups is 1. The van der Waals surface area contributed by atoms with Crippen LogP contribution in [0.5, 0.6) is 0 Å². The van der Waals surface area contributed by atoms with E-state index in [-0.39, 0.29) is 11.0 Å². The molecule has 84 valence electrons. The Bertz CT molecular complexity index is 254. The summed E-state index contributed by atoms with van der Waals surface area (Å²) in [7, 11) is 0.328. The van der Waals surface area contributed by atoms with Gasteiger partial charge in [0.1, 0.15) is 6.54 Å². The van der Waals surface area contributed by atoms with Gasteiger partial charge in [0.15, 0.2) is 0 Å². The molecular formula is C6H15NO6P+. The van der Waals surface area contributed by atoms with Gasteiger partial charge < -0.3 is 19.4 Å². The van der Waals surface area contributed by atoms with Crippen LogP contribution in [0.2, 0.25) is 0 Å². The minimum Gasteiger partial charge on any atom is -0.479 e. The van der Waals surface area contributed by atoms with E-state index in [1.54, 1.807) is 21.1 Å². The lowest BCUT2D eigenvalue weighted by Gasteiger charge is -2.27. The van der Waals surface area contributed by atoms with E-state index in [0.717, 1.165) is 0 Å². The monoisotopic (exact) mass is 228 g/mol. The summed E-state index contributed by atoms with van der Waals surface area (Å²) in [6.07, 6.45) is -1.50. The predicted octanol–water partition coefficient (Wildman–Crippen LogP) is -0.745. The van der Waals surface area contributed by atoms with Gasteiger partial charge in [-0.3, -0.25) is 4.52 Å². The molecule has 0 saturated heterocycles. The van der Waals surface area contributed by atoms with Gasteiger partial charge in [-0.15, -0.1) is 0 Å². The molecule has 0 aromatic rings. The van der Waals surface area contributed by atoms with Crippen LogP contribution in [0.4, 0.5) is 0 Å². The number of carboxylic acids is 1. The Hall–Kier alpha value is -0.460. The summed E-state index contributed by atoms with van der Waals surface area (Å²) < 4.78 is 14.8. The van der Waals surface area contributed by atoms with E-state index in [0.29, 0.717) is 0 Å². The third-order valence-corrected chi connectivity index (χ3v) is 1.78. The molecule has 1 unspecified atom stereocenters. The van der Waals surface area contributed by atoms with Crippen LogP contribution in [0.3, 0.4) is 0 Å². The van der Waals surface area contributed by atoms with E-state index in [2.05, 4.69) is 4.52 Å². The predicted molar refractivity (Wildman–Crippen MR) is 47.5 cm³/mol. The molecule has 0 bridgehead atoms. The SMILES string of the molecule is C[N+](C)(C)CC(OP(=O)(O)O)C(=O)O. The average molecular weight is 228 g/mol. The first-order valence-electron chi connectivity index (χ1n) is 3.78. The molecule has 7 nitrogen and oxygen atoms in total. The van der Waals surface area contributed by atoms with Crippen LogP contribution in [0.25, 0.3) is 0 Å². The van der Waals surface area contributed by atoms with Gasteiger partial charge in [-0.25, -0.2) is 9.36 Å². The molecule has 0 aliphatic rings. The number of quaternary nitrogens is 1. The summed E-state index contributed by atoms with van der Waals surface area (Å²) in [6.45, 7) is -0.0273. The summed E-state index contributed by atoms with van der Waals surface area (Å²) >= 11 is 0. The zero-order chi connectivity index (χ0) is 11.6. The van der Waals surface area contributed by atoms with Gasteiger partial charge in [0, 0.05) is 0 Å². The van der Waals surface area contributed by atoms with E-state index >= 15 is 0 Å². The highest BCUT2D eigenvalue weighted by Gasteiger charge is 2.32. The normalized spacial score (nSPS) is 15.2. The lowest BCUT2D eigenvalue weighted by atomic mass is 10.3. The molecule has 0 heterocycles. The number of aliphatic carboxylic acids is 1. The number of carbonyl (C=O) groups is 1. The Morgan fingerprint density at radius 1 is 1.43 bits per heavy atom. The second-order valence-electron chi connectivity index (χ2n) is 3.90. The maximum absolute atomic E-state index is 10.6. The smallest absolute Gasteiger partial charge is 0.470 e. The lowest BCUT2D eigenvalue weighted by Crippen LogP contribution is -2.45. The van der Waals surface area contributed by atoms with Crippen molar-refractivity contribution in [3.63, 3.8) is 0 Å². The van der Waals surface area contributed by atoms with Gasteiger partial charge >= 0.3 is 13.8 Å². The molecule has 0 aliphatic carbocycles. The zero-order valence-electron chi connectivity index (χ0n) is 8.25. The molecule has 8 heteroatoms. The molecule has 14 heavy (non-hydrogen) atoms. The van der Waals surface area contributed by atoms with Crippen molar-refractivity contribution in [3.05, 3.63) is 0 Å². The van der Waals surface area contributed by atoms with Crippen LogP contribution in [-0.2, 0) is 13.9 Å². The molecule has 3 N–H and O–H groups in total. The first-order chi connectivity index (χ1) is 6.01. The third kappa shape index (κ3) is 6.99. The number of hydrogen-bond donors (Lipinski definition) is 3. The first-order valence-corrected chi connectivity index (χ1v) is 5.31. The van der Waals surface area contributed by atoms with Crippen LogP contribution in [0.1, 0.15) is 0 Å². The Morgan fingerprint density at radius 2 is 1.86 bits per heavy atom. The van der Waals surface area contributed by atoms with Gasteiger partial charge in [-0.1, -0.05) is 0 Å². The molecular weight excluding hydrogens is 213 g/mol. The van der Waals surface area contributed by atoms with Crippen molar-refractivity contribution in [1.82, 2.24) is 0 Å². The maximum atomic E-state index is 10.6. The quantitative estimate of drug-likeness (QED) is 0.422. The number of carboxylic acid groups (broad SMARTS) is 1. The van der Waals surface area contributed by atoms with E-state index in [4.69, 9.17) is 14.9 Å². The molecule has 1 atom stereocenters. The van der Waals surface area contributed by atoms with Gasteiger partial charge in [0.25, 0.3) is 0 Å². The minimum absolute atomic E-state index is 0.0273. The number of likely N-dealkylation sites (N-methyl/N-ethyl adjacent to an activating group) is 1. The molecule has 0 radical (unpaired) electrons. The second-order valence-corrected chi connectivity index (χ2v) is 5.09. The fraction of sp³-hybridized carbons (Fsp3) is 0.833. The van der Waals surface area contributed by atoms with Crippen molar-refractivity contribution < 1.29 is 33.3 Å². The Kier molecular flexibility index (Phi) is 4.23. The number of hydrogen-bond acceptors (Lipinski definition) is 3. The number of nitrogens with zero attached hydrogens (tertiary/aromatic N) is 1. The highest BCUT2D eigenvalue weighted by Crippen LogP contribution is 2.37. The number of phosphoric ester groups is 1. The Labute approximate surface area is 81.7 Å². The maximum Gasteiger partial charge on any atom is 0.470 e. The van der Waals surface area contributed by atoms with E-state index in [1.165, 1.54) is 0 Å². The van der Waals surface area contributed by atoms with Crippen molar-refractivity contribution in [3.8, 4) is 0 Å². The van der Waals surface area contributed by atoms with Crippen LogP contribution in [0.15, 0.2) is 0 Å². The topological polar surface area (TPSA) is 104 Å². The summed E-state index contributed by atoms with van der Waals surface area (Å²) in [4.78, 5) is 27.5. The first kappa shape index (κ1) is 13.5. The van der Waals surface area contributed by atoms with Gasteiger partial charge in [0.2, 0.25) is 6.10 Å². The van der Waals surface area contributed by atoms with E-state index in [9.17, 15) is 9.36 Å². The van der Waals surface area contributed by atoms with Crippen LogP contribution < -0.4 is 0 Å². The van der Waals surface area contributed by atoms with Gasteiger partial charge in [-0.05, 0) is 0 Å². The lowest BCUT2D eigenvalue weighted by molar-refractivity contribution is -0.872. The molecule has 0 saturated carbocycles. The summed E-state index contributed by atoms with van der Waals surface area (Å²) in [5, 5.41) is 8.62. The van der Waals surface area contributed by atoms with Gasteiger partial charge in [-0.2, -0.15) is 0 Å². The van der Waals surface area contributed by atoms with E-state index in [1.807, 2.05) is 0 Å². The Morgan fingerprint density at radius 3 is 2.07 bits per heavy atom. The molecule has 0 amide bonds. The zero-order valence-corrected chi connectivity index (χ0v) is 9.14. The van der Waals surface area contributed by atoms with E-state index < -0.39 is 19.9 Å². The number of rotatable bonds is 5. The third-order valence-electron chi connectivity index (χ3n) is 1.25. The molecule has 0 fully saturated rings. The molecule has 0 aromatic heterocycles. The summed E-state index contributed by atoms with van der Waals surface area (Å²) in [5.74, 6) is -1.39. The molecule has 0 aliphatic heterocycles. The summed E-state index contributed by atoms with van der Waals surface area (Å²) in [5.41, 5.74) is 0. The van der Waals surface area contributed by atoms with Gasteiger partial charge in [0.05, 0.1) is 21.1 Å². The molecule has 0 rings (SSSR count). The largest absolute Gasteiger partial charge is 0.479 e. The van der Waals surface area contributed by atoms with Crippen molar-refractivity contribution in [1.29, 1.82) is 0 Å². The fourth-order valence-electron chi connectivity index (χ4n) is 0.820. The second kappa shape index (κ2) is 4.37.